The Balaban J connectivity index is 1.60. The molecule has 0 fully saturated rings. The number of cyclic esters (lactones) is 1. The van der Waals surface area contributed by atoms with E-state index in [0.29, 0.717) is 30.6 Å². The Kier molecular flexibility index (Phi) is 7.46. The van der Waals surface area contributed by atoms with Crippen LogP contribution in [0.5, 0.6) is 11.5 Å². The van der Waals surface area contributed by atoms with E-state index in [-0.39, 0.29) is 5.70 Å². The molecule has 0 atom stereocenters. The Morgan fingerprint density at radius 1 is 1.00 bits per heavy atom. The van der Waals surface area contributed by atoms with Gasteiger partial charge in [-0.15, -0.1) is 0 Å². The van der Waals surface area contributed by atoms with Gasteiger partial charge in [-0.2, -0.15) is 0 Å². The van der Waals surface area contributed by atoms with Crippen LogP contribution in [0.1, 0.15) is 23.6 Å². The SMILES string of the molecule is CCOc1cc(/C=C2\N=C(c3ccccc3)OC2=O)cc(I)c1OCc1ccc(I)cc1. The molecule has 0 amide bonds. The van der Waals surface area contributed by atoms with Crippen molar-refractivity contribution in [2.75, 3.05) is 6.61 Å². The first-order valence-corrected chi connectivity index (χ1v) is 12.1. The van der Waals surface area contributed by atoms with Crippen molar-refractivity contribution in [3.63, 3.8) is 0 Å². The Morgan fingerprint density at radius 3 is 2.47 bits per heavy atom. The molecule has 0 bridgehead atoms. The summed E-state index contributed by atoms with van der Waals surface area (Å²) in [7, 11) is 0. The van der Waals surface area contributed by atoms with Gasteiger partial charge in [-0.05, 0) is 106 Å². The molecular formula is C25H19I2NO4. The highest BCUT2D eigenvalue weighted by Crippen LogP contribution is 2.36. The highest BCUT2D eigenvalue weighted by Gasteiger charge is 2.24. The third-order valence-electron chi connectivity index (χ3n) is 4.57. The van der Waals surface area contributed by atoms with Gasteiger partial charge in [0.1, 0.15) is 6.61 Å². The smallest absolute Gasteiger partial charge is 0.363 e. The van der Waals surface area contributed by atoms with Crippen molar-refractivity contribution >= 4 is 63.1 Å². The summed E-state index contributed by atoms with van der Waals surface area (Å²) >= 11 is 4.50. The van der Waals surface area contributed by atoms with E-state index in [9.17, 15) is 4.79 Å². The molecule has 0 N–H and O–H groups in total. The highest BCUT2D eigenvalue weighted by atomic mass is 127. The Labute approximate surface area is 213 Å². The van der Waals surface area contributed by atoms with Crippen molar-refractivity contribution in [1.82, 2.24) is 0 Å². The molecule has 3 aromatic carbocycles. The lowest BCUT2D eigenvalue weighted by atomic mass is 10.1. The fraction of sp³-hybridized carbons (Fsp3) is 0.120. The number of rotatable bonds is 7. The van der Waals surface area contributed by atoms with Crippen LogP contribution in [0.3, 0.4) is 0 Å². The average Bonchev–Trinajstić information content (AvgIpc) is 3.15. The Bertz CT molecular complexity index is 1190. The number of halogens is 2. The molecule has 5 nitrogen and oxygen atoms in total. The van der Waals surface area contributed by atoms with E-state index in [1.54, 1.807) is 6.08 Å². The van der Waals surface area contributed by atoms with E-state index in [0.717, 1.165) is 20.3 Å². The number of aliphatic imine (C=N–C) groups is 1. The van der Waals surface area contributed by atoms with Crippen molar-refractivity contribution in [2.45, 2.75) is 13.5 Å². The monoisotopic (exact) mass is 651 g/mol. The van der Waals surface area contributed by atoms with Crippen LogP contribution in [0.15, 0.2) is 77.4 Å². The predicted octanol–water partition coefficient (Wildman–Crippen LogP) is 6.22. The van der Waals surface area contributed by atoms with E-state index >= 15 is 0 Å². The molecule has 0 saturated heterocycles. The topological polar surface area (TPSA) is 57.1 Å². The number of benzene rings is 3. The third-order valence-corrected chi connectivity index (χ3v) is 6.09. The first-order chi connectivity index (χ1) is 15.5. The molecule has 1 heterocycles. The lowest BCUT2D eigenvalue weighted by Gasteiger charge is -2.15. The fourth-order valence-corrected chi connectivity index (χ4v) is 4.22. The molecular weight excluding hydrogens is 632 g/mol. The third kappa shape index (κ3) is 5.50. The molecule has 0 unspecified atom stereocenters. The summed E-state index contributed by atoms with van der Waals surface area (Å²) < 4.78 is 19.3. The number of carbonyl (C=O) groups is 1. The van der Waals surface area contributed by atoms with Crippen LogP contribution in [0, 0.1) is 7.14 Å². The Hall–Kier alpha value is -2.40. The second-order valence-electron chi connectivity index (χ2n) is 6.88. The zero-order chi connectivity index (χ0) is 22.5. The predicted molar refractivity (Wildman–Crippen MR) is 141 cm³/mol. The van der Waals surface area contributed by atoms with Crippen molar-refractivity contribution < 1.29 is 19.0 Å². The maximum Gasteiger partial charge on any atom is 0.363 e. The molecule has 32 heavy (non-hydrogen) atoms. The van der Waals surface area contributed by atoms with Gasteiger partial charge in [0.15, 0.2) is 17.2 Å². The molecule has 3 aromatic rings. The minimum Gasteiger partial charge on any atom is -0.490 e. The quantitative estimate of drug-likeness (QED) is 0.173. The van der Waals surface area contributed by atoms with Crippen LogP contribution in [0.25, 0.3) is 6.08 Å². The lowest BCUT2D eigenvalue weighted by Crippen LogP contribution is -2.05. The highest BCUT2D eigenvalue weighted by molar-refractivity contribution is 14.1. The van der Waals surface area contributed by atoms with E-state index in [1.807, 2.05) is 73.7 Å². The largest absolute Gasteiger partial charge is 0.490 e. The number of esters is 1. The minimum atomic E-state index is -0.476. The molecule has 0 radical (unpaired) electrons. The van der Waals surface area contributed by atoms with Crippen LogP contribution in [-0.4, -0.2) is 18.5 Å². The van der Waals surface area contributed by atoms with Gasteiger partial charge in [-0.25, -0.2) is 9.79 Å². The molecule has 0 aromatic heterocycles. The van der Waals surface area contributed by atoms with Crippen molar-refractivity contribution in [2.24, 2.45) is 4.99 Å². The van der Waals surface area contributed by atoms with E-state index in [4.69, 9.17) is 14.2 Å². The van der Waals surface area contributed by atoms with Gasteiger partial charge in [0.05, 0.1) is 10.2 Å². The first-order valence-electron chi connectivity index (χ1n) is 9.95. The molecule has 0 spiro atoms. The summed E-state index contributed by atoms with van der Waals surface area (Å²) in [5.41, 5.74) is 2.86. The number of hydrogen-bond acceptors (Lipinski definition) is 5. The van der Waals surface area contributed by atoms with Gasteiger partial charge >= 0.3 is 5.97 Å². The van der Waals surface area contributed by atoms with Crippen LogP contribution >= 0.6 is 45.2 Å². The van der Waals surface area contributed by atoms with Crippen LogP contribution < -0.4 is 9.47 Å². The maximum absolute atomic E-state index is 12.3. The molecule has 162 valence electrons. The van der Waals surface area contributed by atoms with Crippen LogP contribution in [-0.2, 0) is 16.1 Å². The second kappa shape index (κ2) is 10.5. The molecule has 7 heteroatoms. The van der Waals surface area contributed by atoms with Gasteiger partial charge in [0.2, 0.25) is 5.90 Å². The van der Waals surface area contributed by atoms with Crippen LogP contribution in [0.4, 0.5) is 0 Å². The summed E-state index contributed by atoms with van der Waals surface area (Å²) in [5.74, 6) is 1.13. The molecule has 0 aliphatic carbocycles. The van der Waals surface area contributed by atoms with Crippen LogP contribution in [0.2, 0.25) is 0 Å². The number of nitrogens with zero attached hydrogens (tertiary/aromatic N) is 1. The molecule has 1 aliphatic heterocycles. The number of ether oxygens (including phenoxy) is 3. The number of carbonyl (C=O) groups excluding carboxylic acids is 1. The first kappa shape index (κ1) is 22.8. The summed E-state index contributed by atoms with van der Waals surface area (Å²) in [4.78, 5) is 16.7. The van der Waals surface area contributed by atoms with E-state index < -0.39 is 5.97 Å². The van der Waals surface area contributed by atoms with Gasteiger partial charge in [0, 0.05) is 9.13 Å². The summed E-state index contributed by atoms with van der Waals surface area (Å²) in [5, 5.41) is 0. The van der Waals surface area contributed by atoms with E-state index in [2.05, 4.69) is 50.2 Å². The molecule has 0 saturated carbocycles. The summed E-state index contributed by atoms with van der Waals surface area (Å²) in [6.07, 6.45) is 1.70. The van der Waals surface area contributed by atoms with Crippen molar-refractivity contribution in [1.29, 1.82) is 0 Å². The summed E-state index contributed by atoms with van der Waals surface area (Å²) in [6, 6.07) is 21.3. The fourth-order valence-electron chi connectivity index (χ4n) is 3.08. The minimum absolute atomic E-state index is 0.245. The number of hydrogen-bond donors (Lipinski definition) is 0. The normalized spacial score (nSPS) is 14.3. The van der Waals surface area contributed by atoms with Gasteiger partial charge in [-0.3, -0.25) is 0 Å². The van der Waals surface area contributed by atoms with Gasteiger partial charge in [-0.1, -0.05) is 30.3 Å². The average molecular weight is 651 g/mol. The zero-order valence-electron chi connectivity index (χ0n) is 17.2. The maximum atomic E-state index is 12.3. The van der Waals surface area contributed by atoms with Crippen molar-refractivity contribution in [3.8, 4) is 11.5 Å². The lowest BCUT2D eigenvalue weighted by molar-refractivity contribution is -0.129. The summed E-state index contributed by atoms with van der Waals surface area (Å²) in [6.45, 7) is 2.85. The zero-order valence-corrected chi connectivity index (χ0v) is 21.5. The standard InChI is InChI=1S/C25H19I2NO4/c1-2-30-22-14-17(12-20(27)23(22)31-15-16-8-10-19(26)11-9-16)13-21-25(29)32-24(28-21)18-6-4-3-5-7-18/h3-14H,2,15H2,1H3/b21-13-. The van der Waals surface area contributed by atoms with E-state index in [1.165, 1.54) is 3.57 Å². The second-order valence-corrected chi connectivity index (χ2v) is 9.29. The molecule has 1 aliphatic rings. The van der Waals surface area contributed by atoms with Gasteiger partial charge in [0.25, 0.3) is 0 Å². The van der Waals surface area contributed by atoms with Crippen molar-refractivity contribution in [3.05, 3.63) is 96.3 Å². The molecule has 4 rings (SSSR count). The van der Waals surface area contributed by atoms with Gasteiger partial charge < -0.3 is 14.2 Å². The Morgan fingerprint density at radius 2 is 1.75 bits per heavy atom.